The van der Waals surface area contributed by atoms with Crippen molar-refractivity contribution in [2.75, 3.05) is 11.9 Å². The number of benzene rings is 2. The molecule has 0 aliphatic carbocycles. The Balaban J connectivity index is 2.04. The van der Waals surface area contributed by atoms with Crippen LogP contribution in [0.5, 0.6) is 0 Å². The maximum atomic E-state index is 12.8. The number of non-ortho nitro benzene ring substituents is 1. The summed E-state index contributed by atoms with van der Waals surface area (Å²) in [4.78, 5) is 22.0. The summed E-state index contributed by atoms with van der Waals surface area (Å²) >= 11 is 3.20. The number of carbonyl (C=O) groups is 1. The molecular formula is C14H10BrFN2O3. The molecule has 0 atom stereocenters. The van der Waals surface area contributed by atoms with Crippen molar-refractivity contribution < 1.29 is 14.1 Å². The molecule has 7 heteroatoms. The highest BCUT2D eigenvalue weighted by Crippen LogP contribution is 2.27. The number of carbonyl (C=O) groups excluding carboxylic acids is 1. The zero-order valence-corrected chi connectivity index (χ0v) is 12.3. The number of nitrogens with one attached hydrogen (secondary N) is 1. The fraction of sp³-hybridized carbons (Fsp3) is 0.0714. The van der Waals surface area contributed by atoms with Crippen LogP contribution in [0.25, 0.3) is 0 Å². The average Bonchev–Trinajstić information content (AvgIpc) is 2.46. The number of ketones is 1. The van der Waals surface area contributed by atoms with Gasteiger partial charge in [0.25, 0.3) is 5.69 Å². The van der Waals surface area contributed by atoms with E-state index in [4.69, 9.17) is 0 Å². The monoisotopic (exact) mass is 352 g/mol. The van der Waals surface area contributed by atoms with Crippen LogP contribution in [0.4, 0.5) is 15.8 Å². The molecule has 0 bridgehead atoms. The first-order chi connectivity index (χ1) is 9.97. The molecular weight excluding hydrogens is 343 g/mol. The van der Waals surface area contributed by atoms with E-state index in [1.54, 1.807) is 0 Å². The maximum Gasteiger partial charge on any atom is 0.270 e. The van der Waals surface area contributed by atoms with Gasteiger partial charge in [0.1, 0.15) is 5.82 Å². The Bertz CT molecular complexity index is 689. The maximum absolute atomic E-state index is 12.8. The average molecular weight is 353 g/mol. The van der Waals surface area contributed by atoms with Gasteiger partial charge in [0.05, 0.1) is 11.5 Å². The topological polar surface area (TPSA) is 72.2 Å². The van der Waals surface area contributed by atoms with Crippen molar-refractivity contribution in [2.45, 2.75) is 0 Å². The van der Waals surface area contributed by atoms with Crippen molar-refractivity contribution in [3.63, 3.8) is 0 Å². The molecule has 2 aromatic rings. The Labute approximate surface area is 128 Å². The Hall–Kier alpha value is -2.28. The van der Waals surface area contributed by atoms with Crippen LogP contribution < -0.4 is 5.32 Å². The molecule has 21 heavy (non-hydrogen) atoms. The zero-order valence-electron chi connectivity index (χ0n) is 10.7. The van der Waals surface area contributed by atoms with Crippen LogP contribution in [0.1, 0.15) is 10.4 Å². The van der Waals surface area contributed by atoms with Crippen LogP contribution in [0.15, 0.2) is 46.9 Å². The Kier molecular flexibility index (Phi) is 4.64. The molecule has 2 rings (SSSR count). The largest absolute Gasteiger partial charge is 0.377 e. The second kappa shape index (κ2) is 6.45. The standard InChI is InChI=1S/C14H10BrFN2O3/c15-12-7-11(18(20)21)5-6-13(12)17-8-14(19)9-1-3-10(16)4-2-9/h1-7,17H,8H2. The van der Waals surface area contributed by atoms with E-state index < -0.39 is 10.7 Å². The number of hydrogen-bond acceptors (Lipinski definition) is 4. The highest BCUT2D eigenvalue weighted by Gasteiger charge is 2.11. The number of hydrogen-bond donors (Lipinski definition) is 1. The molecule has 1 N–H and O–H groups in total. The van der Waals surface area contributed by atoms with Gasteiger partial charge >= 0.3 is 0 Å². The summed E-state index contributed by atoms with van der Waals surface area (Å²) in [5.41, 5.74) is 0.912. The van der Waals surface area contributed by atoms with E-state index in [1.165, 1.54) is 42.5 Å². The number of rotatable bonds is 5. The van der Waals surface area contributed by atoms with E-state index in [2.05, 4.69) is 21.2 Å². The third kappa shape index (κ3) is 3.85. The molecule has 0 fully saturated rings. The lowest BCUT2D eigenvalue weighted by atomic mass is 10.1. The molecule has 0 spiro atoms. The van der Waals surface area contributed by atoms with E-state index in [0.29, 0.717) is 15.7 Å². The molecule has 5 nitrogen and oxygen atoms in total. The molecule has 0 saturated carbocycles. The van der Waals surface area contributed by atoms with Gasteiger partial charge in [0.15, 0.2) is 5.78 Å². The zero-order chi connectivity index (χ0) is 15.4. The van der Waals surface area contributed by atoms with Crippen molar-refractivity contribution in [2.24, 2.45) is 0 Å². The third-order valence-electron chi connectivity index (χ3n) is 2.77. The number of anilines is 1. The van der Waals surface area contributed by atoms with E-state index >= 15 is 0 Å². The molecule has 0 aliphatic heterocycles. The molecule has 0 heterocycles. The lowest BCUT2D eigenvalue weighted by Gasteiger charge is -2.08. The van der Waals surface area contributed by atoms with Crippen molar-refractivity contribution in [3.8, 4) is 0 Å². The van der Waals surface area contributed by atoms with E-state index in [-0.39, 0.29) is 18.0 Å². The smallest absolute Gasteiger partial charge is 0.270 e. The van der Waals surface area contributed by atoms with Crippen LogP contribution in [-0.2, 0) is 0 Å². The summed E-state index contributed by atoms with van der Waals surface area (Å²) in [6.45, 7) is 0.00203. The summed E-state index contributed by atoms with van der Waals surface area (Å²) < 4.78 is 13.3. The fourth-order valence-corrected chi connectivity index (χ4v) is 2.18. The minimum absolute atomic E-state index is 0.00203. The molecule has 108 valence electrons. The molecule has 0 aromatic heterocycles. The fourth-order valence-electron chi connectivity index (χ4n) is 1.67. The van der Waals surface area contributed by atoms with Gasteiger partial charge in [-0.2, -0.15) is 0 Å². The van der Waals surface area contributed by atoms with Gasteiger partial charge in [0.2, 0.25) is 0 Å². The number of halogens is 2. The number of nitrogens with zero attached hydrogens (tertiary/aromatic N) is 1. The minimum atomic E-state index is -0.502. The van der Waals surface area contributed by atoms with Crippen molar-refractivity contribution in [1.29, 1.82) is 0 Å². The summed E-state index contributed by atoms with van der Waals surface area (Å²) in [5, 5.41) is 13.5. The van der Waals surface area contributed by atoms with Gasteiger partial charge < -0.3 is 5.32 Å². The first-order valence-corrected chi connectivity index (χ1v) is 6.73. The van der Waals surface area contributed by atoms with Crippen molar-refractivity contribution in [3.05, 3.63) is 68.4 Å². The first-order valence-electron chi connectivity index (χ1n) is 5.94. The quantitative estimate of drug-likeness (QED) is 0.504. The van der Waals surface area contributed by atoms with E-state index in [0.717, 1.165) is 0 Å². The van der Waals surface area contributed by atoms with Crippen LogP contribution in [0.2, 0.25) is 0 Å². The lowest BCUT2D eigenvalue weighted by molar-refractivity contribution is -0.384. The molecule has 0 radical (unpaired) electrons. The van der Waals surface area contributed by atoms with Gasteiger partial charge in [-0.3, -0.25) is 14.9 Å². The van der Waals surface area contributed by atoms with Crippen LogP contribution in [0, 0.1) is 15.9 Å². The van der Waals surface area contributed by atoms with Crippen LogP contribution in [-0.4, -0.2) is 17.3 Å². The first kappa shape index (κ1) is 15.1. The van der Waals surface area contributed by atoms with Crippen molar-refractivity contribution in [1.82, 2.24) is 0 Å². The van der Waals surface area contributed by atoms with Gasteiger partial charge in [-0.1, -0.05) is 0 Å². The second-order valence-corrected chi connectivity index (χ2v) is 5.06. The Morgan fingerprint density at radius 3 is 2.48 bits per heavy atom. The molecule has 0 aliphatic rings. The molecule has 0 unspecified atom stereocenters. The molecule has 2 aromatic carbocycles. The number of nitro groups is 1. The van der Waals surface area contributed by atoms with Gasteiger partial charge in [-0.25, -0.2) is 4.39 Å². The van der Waals surface area contributed by atoms with Gasteiger partial charge in [-0.05, 0) is 46.3 Å². The lowest BCUT2D eigenvalue weighted by Crippen LogP contribution is -2.14. The van der Waals surface area contributed by atoms with Gasteiger partial charge in [0, 0.05) is 27.9 Å². The third-order valence-corrected chi connectivity index (χ3v) is 3.43. The van der Waals surface area contributed by atoms with E-state index in [9.17, 15) is 19.3 Å². The summed E-state index contributed by atoms with van der Waals surface area (Å²) in [6, 6.07) is 9.46. The summed E-state index contributed by atoms with van der Waals surface area (Å²) in [5.74, 6) is -0.613. The SMILES string of the molecule is O=C(CNc1ccc([N+](=O)[O-])cc1Br)c1ccc(F)cc1. The highest BCUT2D eigenvalue weighted by atomic mass is 79.9. The Morgan fingerprint density at radius 2 is 1.90 bits per heavy atom. The summed E-state index contributed by atoms with van der Waals surface area (Å²) in [6.07, 6.45) is 0. The van der Waals surface area contributed by atoms with Crippen LogP contribution in [0.3, 0.4) is 0 Å². The predicted molar refractivity (Wildman–Crippen MR) is 80.0 cm³/mol. The van der Waals surface area contributed by atoms with E-state index in [1.807, 2.05) is 0 Å². The minimum Gasteiger partial charge on any atom is -0.377 e. The van der Waals surface area contributed by atoms with Gasteiger partial charge in [-0.15, -0.1) is 0 Å². The van der Waals surface area contributed by atoms with Crippen LogP contribution >= 0.6 is 15.9 Å². The number of nitro benzene ring substituents is 1. The van der Waals surface area contributed by atoms with Crippen molar-refractivity contribution >= 4 is 33.1 Å². The predicted octanol–water partition coefficient (Wildman–Crippen LogP) is 3.79. The molecule has 0 amide bonds. The Morgan fingerprint density at radius 1 is 1.24 bits per heavy atom. The second-order valence-electron chi connectivity index (χ2n) is 4.20. The normalized spacial score (nSPS) is 10.2. The number of Topliss-reactive ketones (excluding diaryl/α,β-unsaturated/α-hetero) is 1. The summed E-state index contributed by atoms with van der Waals surface area (Å²) in [7, 11) is 0. The highest BCUT2D eigenvalue weighted by molar-refractivity contribution is 9.10. The molecule has 0 saturated heterocycles.